The minimum Gasteiger partial charge on any atom is -0.461 e. The summed E-state index contributed by atoms with van der Waals surface area (Å²) < 4.78 is 10.6. The number of carbonyl (C=O) groups excluding carboxylic acids is 2. The van der Waals surface area contributed by atoms with E-state index in [0.29, 0.717) is 16.7 Å². The van der Waals surface area contributed by atoms with E-state index < -0.39 is 11.6 Å². The predicted molar refractivity (Wildman–Crippen MR) is 109 cm³/mol. The molecule has 1 aromatic carbocycles. The highest BCUT2D eigenvalue weighted by molar-refractivity contribution is 7.12. The highest BCUT2D eigenvalue weighted by atomic mass is 32.1. The van der Waals surface area contributed by atoms with E-state index in [2.05, 4.69) is 0 Å². The molecule has 28 heavy (non-hydrogen) atoms. The lowest BCUT2D eigenvalue weighted by atomic mass is 10.0. The lowest BCUT2D eigenvalue weighted by molar-refractivity contribution is -0.144. The molecule has 0 atom stereocenters. The summed E-state index contributed by atoms with van der Waals surface area (Å²) in [6.07, 6.45) is 0.108. The van der Waals surface area contributed by atoms with Gasteiger partial charge in [0.05, 0.1) is 6.42 Å². The maximum Gasteiger partial charge on any atom is 0.336 e. The maximum atomic E-state index is 12.3. The Balaban J connectivity index is 1.66. The molecule has 2 aromatic heterocycles. The topological polar surface area (TPSA) is 73.6 Å². The van der Waals surface area contributed by atoms with Gasteiger partial charge in [-0.05, 0) is 57.0 Å². The molecule has 0 bridgehead atoms. The second-order valence-electron chi connectivity index (χ2n) is 6.93. The van der Waals surface area contributed by atoms with Gasteiger partial charge in [-0.25, -0.2) is 4.79 Å². The minimum absolute atomic E-state index is 0.00464. The van der Waals surface area contributed by atoms with E-state index in [0.717, 1.165) is 26.3 Å². The number of ether oxygens (including phenoxy) is 1. The zero-order valence-electron chi connectivity index (χ0n) is 16.4. The van der Waals surface area contributed by atoms with Crippen LogP contribution in [0, 0.1) is 27.7 Å². The lowest BCUT2D eigenvalue weighted by Crippen LogP contribution is -2.10. The minimum atomic E-state index is -0.486. The summed E-state index contributed by atoms with van der Waals surface area (Å²) in [5, 5.41) is 0.746. The van der Waals surface area contributed by atoms with Gasteiger partial charge >= 0.3 is 11.6 Å². The van der Waals surface area contributed by atoms with Crippen LogP contribution in [0.25, 0.3) is 11.0 Å². The van der Waals surface area contributed by atoms with Crippen molar-refractivity contribution in [2.75, 3.05) is 0 Å². The van der Waals surface area contributed by atoms with Crippen LogP contribution in [0.3, 0.4) is 0 Å². The molecule has 0 saturated carbocycles. The van der Waals surface area contributed by atoms with Crippen molar-refractivity contribution < 1.29 is 18.7 Å². The Morgan fingerprint density at radius 2 is 1.71 bits per heavy atom. The van der Waals surface area contributed by atoms with Crippen LogP contribution in [0.1, 0.15) is 49.6 Å². The summed E-state index contributed by atoms with van der Waals surface area (Å²) in [6, 6.07) is 6.92. The first kappa shape index (κ1) is 20.0. The number of Topliss-reactive ketones (excluding diaryl/α,β-unsaturated/α-hetero) is 1. The van der Waals surface area contributed by atoms with Gasteiger partial charge in [0.2, 0.25) is 0 Å². The average Bonchev–Trinajstić information content (AvgIpc) is 2.97. The Morgan fingerprint density at radius 1 is 1.00 bits per heavy atom. The Hall–Kier alpha value is -2.73. The van der Waals surface area contributed by atoms with E-state index in [9.17, 15) is 14.4 Å². The van der Waals surface area contributed by atoms with Crippen molar-refractivity contribution in [1.82, 2.24) is 0 Å². The van der Waals surface area contributed by atoms with Gasteiger partial charge in [-0.3, -0.25) is 9.59 Å². The Labute approximate surface area is 166 Å². The van der Waals surface area contributed by atoms with Crippen molar-refractivity contribution in [2.24, 2.45) is 0 Å². The number of hydrogen-bond acceptors (Lipinski definition) is 6. The summed E-state index contributed by atoms with van der Waals surface area (Å²) >= 11 is 1.57. The number of thiophene rings is 1. The Bertz CT molecular complexity index is 1120. The van der Waals surface area contributed by atoms with Gasteiger partial charge in [-0.15, -0.1) is 11.3 Å². The van der Waals surface area contributed by atoms with Gasteiger partial charge < -0.3 is 9.15 Å². The van der Waals surface area contributed by atoms with Crippen LogP contribution in [0.4, 0.5) is 0 Å². The summed E-state index contributed by atoms with van der Waals surface area (Å²) in [4.78, 5) is 38.2. The second-order valence-corrected chi connectivity index (χ2v) is 8.39. The predicted octanol–water partition coefficient (Wildman–Crippen LogP) is 4.79. The van der Waals surface area contributed by atoms with Crippen LogP contribution < -0.4 is 5.63 Å². The summed E-state index contributed by atoms with van der Waals surface area (Å²) in [7, 11) is 0. The smallest absolute Gasteiger partial charge is 0.336 e. The molecule has 146 valence electrons. The third kappa shape index (κ3) is 4.39. The van der Waals surface area contributed by atoms with E-state index in [1.807, 2.05) is 39.8 Å². The molecule has 3 rings (SSSR count). The third-order valence-corrected chi connectivity index (χ3v) is 5.70. The van der Waals surface area contributed by atoms with Crippen LogP contribution in [0.2, 0.25) is 0 Å². The zero-order chi connectivity index (χ0) is 20.4. The molecular formula is C22H22O5S. The number of fused-ring (bicyclic) bond motifs is 1. The molecule has 5 nitrogen and oxygen atoms in total. The average molecular weight is 398 g/mol. The zero-order valence-corrected chi connectivity index (χ0v) is 17.2. The first-order valence-electron chi connectivity index (χ1n) is 9.04. The quantitative estimate of drug-likeness (QED) is 0.339. The fraction of sp³-hybridized carbons (Fsp3) is 0.318. The first-order valence-corrected chi connectivity index (χ1v) is 9.86. The van der Waals surface area contributed by atoms with Crippen LogP contribution in [0.5, 0.6) is 0 Å². The van der Waals surface area contributed by atoms with Gasteiger partial charge in [-0.2, -0.15) is 0 Å². The number of benzene rings is 1. The maximum absolute atomic E-state index is 12.3. The number of esters is 1. The molecule has 0 aliphatic rings. The van der Waals surface area contributed by atoms with Crippen LogP contribution in [-0.4, -0.2) is 11.8 Å². The molecule has 0 radical (unpaired) electrons. The van der Waals surface area contributed by atoms with Crippen molar-refractivity contribution in [2.45, 2.75) is 47.1 Å². The molecule has 3 aromatic rings. The highest BCUT2D eigenvalue weighted by Gasteiger charge is 2.15. The molecule has 0 saturated heterocycles. The number of ketones is 1. The summed E-state index contributed by atoms with van der Waals surface area (Å²) in [5.41, 5.74) is 3.33. The SMILES string of the molecule is Cc1cc(C(=O)CCC(=O)OCc2cc(=O)oc3cc(C)c(C)cc23)c(C)s1. The van der Waals surface area contributed by atoms with Gasteiger partial charge in [0.15, 0.2) is 5.78 Å². The van der Waals surface area contributed by atoms with Gasteiger partial charge in [0.25, 0.3) is 0 Å². The first-order chi connectivity index (χ1) is 13.2. The van der Waals surface area contributed by atoms with Crippen molar-refractivity contribution >= 4 is 34.1 Å². The summed E-state index contributed by atoms with van der Waals surface area (Å²) in [5.74, 6) is -0.529. The fourth-order valence-corrected chi connectivity index (χ4v) is 4.03. The van der Waals surface area contributed by atoms with Gasteiger partial charge in [-0.1, -0.05) is 0 Å². The van der Waals surface area contributed by atoms with Crippen molar-refractivity contribution in [3.63, 3.8) is 0 Å². The third-order valence-electron chi connectivity index (χ3n) is 4.73. The van der Waals surface area contributed by atoms with Crippen LogP contribution >= 0.6 is 11.3 Å². The van der Waals surface area contributed by atoms with Gasteiger partial charge in [0, 0.05) is 38.8 Å². The van der Waals surface area contributed by atoms with E-state index in [1.54, 1.807) is 17.4 Å². The fourth-order valence-electron chi connectivity index (χ4n) is 3.09. The number of aryl methyl sites for hydroxylation is 4. The number of rotatable bonds is 6. The van der Waals surface area contributed by atoms with Crippen molar-refractivity contribution in [3.05, 3.63) is 66.7 Å². The second kappa shape index (κ2) is 8.10. The van der Waals surface area contributed by atoms with Crippen molar-refractivity contribution in [3.8, 4) is 0 Å². The molecule has 0 amide bonds. The van der Waals surface area contributed by atoms with Crippen LogP contribution in [-0.2, 0) is 16.1 Å². The van der Waals surface area contributed by atoms with Gasteiger partial charge in [0.1, 0.15) is 12.2 Å². The number of carbonyl (C=O) groups is 2. The molecule has 0 unspecified atom stereocenters. The lowest BCUT2D eigenvalue weighted by Gasteiger charge is -2.09. The standard InChI is InChI=1S/C22H22O5S/c1-12-7-18-16(10-22(25)27-20(18)8-13(12)2)11-26-21(24)6-5-19(23)17-9-14(3)28-15(17)4/h7-10H,5-6,11H2,1-4H3. The normalized spacial score (nSPS) is 11.0. The molecule has 0 aliphatic heterocycles. The molecule has 0 N–H and O–H groups in total. The van der Waals surface area contributed by atoms with Crippen molar-refractivity contribution in [1.29, 1.82) is 0 Å². The molecule has 6 heteroatoms. The van der Waals surface area contributed by atoms with E-state index in [1.165, 1.54) is 6.07 Å². The van der Waals surface area contributed by atoms with Crippen LogP contribution in [0.15, 0.2) is 33.5 Å². The highest BCUT2D eigenvalue weighted by Crippen LogP contribution is 2.23. The summed E-state index contributed by atoms with van der Waals surface area (Å²) in [6.45, 7) is 7.73. The molecule has 2 heterocycles. The Kier molecular flexibility index (Phi) is 5.79. The molecule has 0 aliphatic carbocycles. The van der Waals surface area contributed by atoms with E-state index in [4.69, 9.17) is 9.15 Å². The molecule has 0 spiro atoms. The van der Waals surface area contributed by atoms with E-state index in [-0.39, 0.29) is 25.2 Å². The molecule has 0 fully saturated rings. The number of hydrogen-bond donors (Lipinski definition) is 0. The molecular weight excluding hydrogens is 376 g/mol. The van der Waals surface area contributed by atoms with E-state index >= 15 is 0 Å². The largest absolute Gasteiger partial charge is 0.461 e. The Morgan fingerprint density at radius 3 is 2.39 bits per heavy atom. The monoisotopic (exact) mass is 398 g/mol.